The van der Waals surface area contributed by atoms with Crippen molar-refractivity contribution in [1.82, 2.24) is 0 Å². The van der Waals surface area contributed by atoms with Gasteiger partial charge in [0.2, 0.25) is 5.91 Å². The van der Waals surface area contributed by atoms with Crippen molar-refractivity contribution in [2.75, 3.05) is 25.7 Å². The molecule has 1 heterocycles. The van der Waals surface area contributed by atoms with Crippen LogP contribution in [0.1, 0.15) is 6.42 Å². The van der Waals surface area contributed by atoms with Crippen molar-refractivity contribution in [3.8, 4) is 5.75 Å². The van der Waals surface area contributed by atoms with Crippen molar-refractivity contribution >= 4 is 29.2 Å². The summed E-state index contributed by atoms with van der Waals surface area (Å²) in [6.45, 7) is 0.280. The van der Waals surface area contributed by atoms with Gasteiger partial charge in [0.15, 0.2) is 5.75 Å². The second-order valence-electron chi connectivity index (χ2n) is 4.22. The third-order valence-corrected chi connectivity index (χ3v) is 3.40. The number of halogens is 1. The number of methoxy groups -OCH3 is 2. The van der Waals surface area contributed by atoms with Crippen molar-refractivity contribution < 1.29 is 19.1 Å². The van der Waals surface area contributed by atoms with E-state index < -0.39 is 5.92 Å². The molecular weight excluding hydrogens is 270 g/mol. The van der Waals surface area contributed by atoms with Crippen molar-refractivity contribution in [2.45, 2.75) is 6.42 Å². The Morgan fingerprint density at radius 1 is 1.42 bits per heavy atom. The number of anilines is 1. The molecule has 0 radical (unpaired) electrons. The summed E-state index contributed by atoms with van der Waals surface area (Å²) in [4.78, 5) is 25.0. The number of ether oxygens (including phenoxy) is 2. The average Bonchev–Trinajstić information content (AvgIpc) is 2.79. The lowest BCUT2D eigenvalue weighted by Gasteiger charge is -2.20. The number of esters is 1. The van der Waals surface area contributed by atoms with Crippen LogP contribution in [-0.4, -0.2) is 32.6 Å². The Morgan fingerprint density at radius 2 is 2.16 bits per heavy atom. The summed E-state index contributed by atoms with van der Waals surface area (Å²) in [5.41, 5.74) is 0.575. The Bertz CT molecular complexity index is 517. The lowest BCUT2D eigenvalue weighted by Crippen LogP contribution is -2.26. The Kier molecular flexibility index (Phi) is 3.95. The molecule has 19 heavy (non-hydrogen) atoms. The van der Waals surface area contributed by atoms with E-state index in [9.17, 15) is 9.59 Å². The van der Waals surface area contributed by atoms with Gasteiger partial charge in [-0.3, -0.25) is 9.59 Å². The molecule has 1 saturated heterocycles. The van der Waals surface area contributed by atoms with Gasteiger partial charge < -0.3 is 14.4 Å². The average molecular weight is 284 g/mol. The number of hydrogen-bond acceptors (Lipinski definition) is 4. The second kappa shape index (κ2) is 5.48. The molecule has 1 atom stereocenters. The van der Waals surface area contributed by atoms with E-state index in [1.165, 1.54) is 19.1 Å². The monoisotopic (exact) mass is 283 g/mol. The van der Waals surface area contributed by atoms with Gasteiger partial charge in [-0.15, -0.1) is 0 Å². The van der Waals surface area contributed by atoms with Crippen LogP contribution in [0.4, 0.5) is 5.69 Å². The molecule has 1 aromatic carbocycles. The Balaban J connectivity index is 2.31. The smallest absolute Gasteiger partial charge is 0.311 e. The minimum Gasteiger partial charge on any atom is -0.493 e. The largest absolute Gasteiger partial charge is 0.493 e. The van der Waals surface area contributed by atoms with Crippen LogP contribution in [0, 0.1) is 5.92 Å². The number of carbonyl (C=O) groups excluding carboxylic acids is 2. The third-order valence-electron chi connectivity index (χ3n) is 3.10. The van der Waals surface area contributed by atoms with Crippen molar-refractivity contribution in [1.29, 1.82) is 0 Å². The number of hydrogen-bond donors (Lipinski definition) is 0. The van der Waals surface area contributed by atoms with E-state index in [1.54, 1.807) is 18.2 Å². The van der Waals surface area contributed by atoms with Gasteiger partial charge in [-0.05, 0) is 12.1 Å². The van der Waals surface area contributed by atoms with Crippen LogP contribution in [0.2, 0.25) is 5.02 Å². The zero-order chi connectivity index (χ0) is 14.0. The number of para-hydroxylation sites is 1. The molecule has 6 heteroatoms. The van der Waals surface area contributed by atoms with Gasteiger partial charge in [0.05, 0.1) is 30.8 Å². The molecule has 1 aliphatic heterocycles. The fraction of sp³-hybridized carbons (Fsp3) is 0.385. The van der Waals surface area contributed by atoms with Crippen LogP contribution in [-0.2, 0) is 14.3 Å². The molecular formula is C13H14ClNO4. The molecule has 0 saturated carbocycles. The van der Waals surface area contributed by atoms with E-state index in [0.29, 0.717) is 16.5 Å². The highest BCUT2D eigenvalue weighted by Gasteiger charge is 2.37. The summed E-state index contributed by atoms with van der Waals surface area (Å²) >= 11 is 6.03. The minimum absolute atomic E-state index is 0.141. The maximum Gasteiger partial charge on any atom is 0.311 e. The summed E-state index contributed by atoms with van der Waals surface area (Å²) in [5, 5.41) is 0.425. The lowest BCUT2D eigenvalue weighted by atomic mass is 10.1. The first-order valence-corrected chi connectivity index (χ1v) is 6.17. The van der Waals surface area contributed by atoms with Gasteiger partial charge in [-0.25, -0.2) is 0 Å². The highest BCUT2D eigenvalue weighted by molar-refractivity contribution is 6.32. The van der Waals surface area contributed by atoms with Crippen LogP contribution < -0.4 is 9.64 Å². The number of rotatable bonds is 3. The predicted molar refractivity (Wildman–Crippen MR) is 70.5 cm³/mol. The van der Waals surface area contributed by atoms with Gasteiger partial charge in [0, 0.05) is 13.0 Å². The maximum absolute atomic E-state index is 12.0. The van der Waals surface area contributed by atoms with Gasteiger partial charge in [-0.1, -0.05) is 17.7 Å². The summed E-state index contributed by atoms with van der Waals surface area (Å²) in [6, 6.07) is 5.16. The first kappa shape index (κ1) is 13.7. The topological polar surface area (TPSA) is 55.8 Å². The van der Waals surface area contributed by atoms with E-state index in [2.05, 4.69) is 4.74 Å². The first-order valence-electron chi connectivity index (χ1n) is 5.79. The molecule has 1 aromatic rings. The van der Waals surface area contributed by atoms with Gasteiger partial charge in [0.25, 0.3) is 0 Å². The van der Waals surface area contributed by atoms with Crippen LogP contribution in [0.3, 0.4) is 0 Å². The zero-order valence-electron chi connectivity index (χ0n) is 10.7. The Morgan fingerprint density at radius 3 is 2.79 bits per heavy atom. The van der Waals surface area contributed by atoms with Crippen LogP contribution in [0.15, 0.2) is 18.2 Å². The SMILES string of the molecule is COC(=O)C1CC(=O)N(c2cccc(Cl)c2OC)C1. The second-order valence-corrected chi connectivity index (χ2v) is 4.63. The summed E-state index contributed by atoms with van der Waals surface area (Å²) in [6.07, 6.45) is 0.141. The predicted octanol–water partition coefficient (Wildman–Crippen LogP) is 1.87. The van der Waals surface area contributed by atoms with E-state index in [4.69, 9.17) is 16.3 Å². The zero-order valence-corrected chi connectivity index (χ0v) is 11.4. The summed E-state index contributed by atoms with van der Waals surface area (Å²) in [5.74, 6) is -0.531. The fourth-order valence-electron chi connectivity index (χ4n) is 2.18. The van der Waals surface area contributed by atoms with Gasteiger partial charge in [0.1, 0.15) is 0 Å². The third kappa shape index (κ3) is 2.51. The van der Waals surface area contributed by atoms with Crippen LogP contribution in [0.25, 0.3) is 0 Å². The highest BCUT2D eigenvalue weighted by Crippen LogP contribution is 2.38. The fourth-order valence-corrected chi connectivity index (χ4v) is 2.42. The Hall–Kier alpha value is -1.75. The number of nitrogens with zero attached hydrogens (tertiary/aromatic N) is 1. The van der Waals surface area contributed by atoms with Crippen LogP contribution >= 0.6 is 11.6 Å². The summed E-state index contributed by atoms with van der Waals surface area (Å²) in [7, 11) is 2.80. The highest BCUT2D eigenvalue weighted by atomic mass is 35.5. The first-order chi connectivity index (χ1) is 9.08. The lowest BCUT2D eigenvalue weighted by molar-refractivity contribution is -0.145. The van der Waals surface area contributed by atoms with Crippen molar-refractivity contribution in [2.24, 2.45) is 5.92 Å². The molecule has 5 nitrogen and oxygen atoms in total. The van der Waals surface area contributed by atoms with Gasteiger partial charge in [-0.2, -0.15) is 0 Å². The standard InChI is InChI=1S/C13H14ClNO4/c1-18-12-9(14)4-3-5-10(12)15-7-8(6-11(15)16)13(17)19-2/h3-5,8H,6-7H2,1-2H3. The molecule has 0 aromatic heterocycles. The van der Waals surface area contributed by atoms with Gasteiger partial charge >= 0.3 is 5.97 Å². The number of benzene rings is 1. The van der Waals surface area contributed by atoms with E-state index in [0.717, 1.165) is 0 Å². The molecule has 0 N–H and O–H groups in total. The number of amides is 1. The number of carbonyl (C=O) groups is 2. The van der Waals surface area contributed by atoms with E-state index in [1.807, 2.05) is 0 Å². The van der Waals surface area contributed by atoms with E-state index in [-0.39, 0.29) is 24.8 Å². The van der Waals surface area contributed by atoms with Crippen LogP contribution in [0.5, 0.6) is 5.75 Å². The minimum atomic E-state index is -0.443. The quantitative estimate of drug-likeness (QED) is 0.795. The molecule has 102 valence electrons. The van der Waals surface area contributed by atoms with E-state index >= 15 is 0 Å². The molecule has 1 aliphatic rings. The molecule has 0 aliphatic carbocycles. The molecule has 0 spiro atoms. The molecule has 1 amide bonds. The molecule has 0 bridgehead atoms. The Labute approximate surface area is 116 Å². The molecule has 1 fully saturated rings. The van der Waals surface area contributed by atoms with Crippen molar-refractivity contribution in [3.63, 3.8) is 0 Å². The molecule has 2 rings (SSSR count). The molecule has 1 unspecified atom stereocenters. The van der Waals surface area contributed by atoms with Crippen molar-refractivity contribution in [3.05, 3.63) is 23.2 Å². The normalized spacial score (nSPS) is 18.6. The summed E-state index contributed by atoms with van der Waals surface area (Å²) < 4.78 is 9.89. The maximum atomic E-state index is 12.0.